The summed E-state index contributed by atoms with van der Waals surface area (Å²) in [5.74, 6) is 1.80. The van der Waals surface area contributed by atoms with Crippen LogP contribution in [0.5, 0.6) is 5.75 Å². The number of nitrogen functional groups attached to an aromatic ring is 1. The van der Waals surface area contributed by atoms with Crippen LogP contribution in [0.4, 0.5) is 11.9 Å². The summed E-state index contributed by atoms with van der Waals surface area (Å²) in [6, 6.07) is 18.5. The number of aromatic nitrogens is 3. The van der Waals surface area contributed by atoms with Gasteiger partial charge in [0.1, 0.15) is 5.75 Å². The number of nitrogens with two attached hydrogens (primary N) is 1. The van der Waals surface area contributed by atoms with Crippen LogP contribution < -0.4 is 15.8 Å². The second kappa shape index (κ2) is 5.88. The Morgan fingerprint density at radius 1 is 1.12 bits per heavy atom. The zero-order valence-electron chi connectivity index (χ0n) is 13.4. The number of fused-ring (bicyclic) bond motifs is 1. The molecule has 3 aromatic rings. The van der Waals surface area contributed by atoms with Crippen molar-refractivity contribution in [2.75, 3.05) is 18.2 Å². The van der Waals surface area contributed by atoms with E-state index in [1.54, 1.807) is 7.11 Å². The van der Waals surface area contributed by atoms with Crippen molar-refractivity contribution >= 4 is 11.9 Å². The van der Waals surface area contributed by atoms with E-state index in [1.165, 1.54) is 5.56 Å². The fourth-order valence-corrected chi connectivity index (χ4v) is 3.30. The van der Waals surface area contributed by atoms with Gasteiger partial charge in [-0.15, -0.1) is 5.10 Å². The molecule has 0 bridgehead atoms. The first-order chi connectivity index (χ1) is 11.8. The van der Waals surface area contributed by atoms with Crippen LogP contribution in [0.3, 0.4) is 0 Å². The molecule has 0 radical (unpaired) electrons. The van der Waals surface area contributed by atoms with Gasteiger partial charge in [0.25, 0.3) is 0 Å². The molecule has 2 aromatic carbocycles. The van der Waals surface area contributed by atoms with E-state index in [9.17, 15) is 0 Å². The second-order valence-electron chi connectivity index (χ2n) is 5.84. The van der Waals surface area contributed by atoms with Crippen molar-refractivity contribution in [3.05, 3.63) is 65.7 Å². The van der Waals surface area contributed by atoms with E-state index in [4.69, 9.17) is 10.5 Å². The molecule has 0 saturated heterocycles. The maximum atomic E-state index is 5.84. The Morgan fingerprint density at radius 2 is 1.88 bits per heavy atom. The van der Waals surface area contributed by atoms with E-state index >= 15 is 0 Å². The number of hydrogen-bond donors (Lipinski definition) is 2. The highest BCUT2D eigenvalue weighted by Crippen LogP contribution is 2.40. The SMILES string of the molecule is COc1ccccc1[C@@H]1C[C@H](c2ccccc2)Nc2nc(N)nn21. The van der Waals surface area contributed by atoms with Gasteiger partial charge in [0.15, 0.2) is 0 Å². The molecule has 122 valence electrons. The molecule has 0 aliphatic carbocycles. The molecule has 6 heteroatoms. The van der Waals surface area contributed by atoms with Crippen LogP contribution in [-0.4, -0.2) is 21.9 Å². The van der Waals surface area contributed by atoms with E-state index in [-0.39, 0.29) is 18.0 Å². The van der Waals surface area contributed by atoms with Gasteiger partial charge < -0.3 is 15.8 Å². The lowest BCUT2D eigenvalue weighted by Gasteiger charge is -2.32. The number of anilines is 2. The van der Waals surface area contributed by atoms with Gasteiger partial charge in [-0.1, -0.05) is 48.5 Å². The van der Waals surface area contributed by atoms with Crippen LogP contribution in [0.15, 0.2) is 54.6 Å². The van der Waals surface area contributed by atoms with Gasteiger partial charge in [0, 0.05) is 5.56 Å². The minimum atomic E-state index is 0.00686. The third-order valence-corrected chi connectivity index (χ3v) is 4.41. The number of methoxy groups -OCH3 is 1. The zero-order chi connectivity index (χ0) is 16.5. The summed E-state index contributed by atoms with van der Waals surface area (Å²) in [6.45, 7) is 0. The number of para-hydroxylation sites is 1. The summed E-state index contributed by atoms with van der Waals surface area (Å²) in [5.41, 5.74) is 8.13. The highest BCUT2D eigenvalue weighted by atomic mass is 16.5. The number of ether oxygens (including phenoxy) is 1. The fourth-order valence-electron chi connectivity index (χ4n) is 3.30. The van der Waals surface area contributed by atoms with Gasteiger partial charge in [0.2, 0.25) is 11.9 Å². The Kier molecular flexibility index (Phi) is 3.57. The number of hydrogen-bond acceptors (Lipinski definition) is 5. The van der Waals surface area contributed by atoms with E-state index in [0.717, 1.165) is 17.7 Å². The van der Waals surface area contributed by atoms with Crippen LogP contribution in [0.25, 0.3) is 0 Å². The monoisotopic (exact) mass is 321 g/mol. The topological polar surface area (TPSA) is 78.0 Å². The molecule has 0 amide bonds. The Labute approximate surface area is 140 Å². The summed E-state index contributed by atoms with van der Waals surface area (Å²) in [5, 5.41) is 7.82. The number of nitrogens with zero attached hydrogens (tertiary/aromatic N) is 3. The molecule has 0 saturated carbocycles. The highest BCUT2D eigenvalue weighted by molar-refractivity contribution is 5.44. The lowest BCUT2D eigenvalue weighted by atomic mass is 9.93. The zero-order valence-corrected chi connectivity index (χ0v) is 13.4. The third kappa shape index (κ3) is 2.46. The summed E-state index contributed by atoms with van der Waals surface area (Å²) in [6.07, 6.45) is 0.834. The smallest absolute Gasteiger partial charge is 0.241 e. The van der Waals surface area contributed by atoms with Crippen molar-refractivity contribution in [2.45, 2.75) is 18.5 Å². The van der Waals surface area contributed by atoms with E-state index in [2.05, 4.69) is 33.6 Å². The van der Waals surface area contributed by atoms with E-state index in [0.29, 0.717) is 5.95 Å². The van der Waals surface area contributed by atoms with Crippen LogP contribution in [0.2, 0.25) is 0 Å². The molecule has 1 aromatic heterocycles. The number of benzene rings is 2. The van der Waals surface area contributed by atoms with Crippen molar-refractivity contribution in [3.8, 4) is 5.75 Å². The van der Waals surface area contributed by atoms with Crippen LogP contribution in [0, 0.1) is 0 Å². The Balaban J connectivity index is 1.80. The average Bonchev–Trinajstić information content (AvgIpc) is 3.01. The quantitative estimate of drug-likeness (QED) is 0.775. The standard InChI is InChI=1S/C18H19N5O/c1-24-16-10-6-5-9-13(16)15-11-14(12-7-3-2-4-8-12)20-18-21-17(19)22-23(15)18/h2-10,14-15H,11H2,1H3,(H3,19,20,21,22)/t14-,15+/m1/s1. The van der Waals surface area contributed by atoms with Crippen molar-refractivity contribution in [1.29, 1.82) is 0 Å². The van der Waals surface area contributed by atoms with Crippen LogP contribution >= 0.6 is 0 Å². The molecule has 0 fully saturated rings. The average molecular weight is 321 g/mol. The molecule has 1 aliphatic heterocycles. The molecule has 0 spiro atoms. The molecule has 6 nitrogen and oxygen atoms in total. The Morgan fingerprint density at radius 3 is 2.67 bits per heavy atom. The Bertz CT molecular complexity index is 846. The van der Waals surface area contributed by atoms with Gasteiger partial charge in [0.05, 0.1) is 19.2 Å². The molecule has 2 heterocycles. The van der Waals surface area contributed by atoms with Gasteiger partial charge >= 0.3 is 0 Å². The molecule has 0 unspecified atom stereocenters. The van der Waals surface area contributed by atoms with Crippen LogP contribution in [-0.2, 0) is 0 Å². The maximum absolute atomic E-state index is 5.84. The summed E-state index contributed by atoms with van der Waals surface area (Å²) in [7, 11) is 1.69. The highest BCUT2D eigenvalue weighted by Gasteiger charge is 2.32. The van der Waals surface area contributed by atoms with Gasteiger partial charge in [-0.3, -0.25) is 0 Å². The first-order valence-corrected chi connectivity index (χ1v) is 7.92. The third-order valence-electron chi connectivity index (χ3n) is 4.41. The van der Waals surface area contributed by atoms with Crippen molar-refractivity contribution in [1.82, 2.24) is 14.8 Å². The van der Waals surface area contributed by atoms with Gasteiger partial charge in [-0.2, -0.15) is 4.98 Å². The van der Waals surface area contributed by atoms with Crippen molar-refractivity contribution in [3.63, 3.8) is 0 Å². The van der Waals surface area contributed by atoms with Crippen molar-refractivity contribution < 1.29 is 4.74 Å². The summed E-state index contributed by atoms with van der Waals surface area (Å²) in [4.78, 5) is 4.34. The minimum absolute atomic E-state index is 0.00686. The summed E-state index contributed by atoms with van der Waals surface area (Å²) >= 11 is 0. The predicted molar refractivity (Wildman–Crippen MR) is 93.0 cm³/mol. The normalized spacial score (nSPS) is 19.4. The molecule has 2 atom stereocenters. The van der Waals surface area contributed by atoms with E-state index < -0.39 is 0 Å². The molecule has 24 heavy (non-hydrogen) atoms. The fraction of sp³-hybridized carbons (Fsp3) is 0.222. The lowest BCUT2D eigenvalue weighted by molar-refractivity contribution is 0.380. The summed E-state index contributed by atoms with van der Waals surface area (Å²) < 4.78 is 7.40. The maximum Gasteiger partial charge on any atom is 0.241 e. The molecule has 4 rings (SSSR count). The van der Waals surface area contributed by atoms with Gasteiger partial charge in [-0.25, -0.2) is 4.68 Å². The molecule has 1 aliphatic rings. The molecular weight excluding hydrogens is 302 g/mol. The minimum Gasteiger partial charge on any atom is -0.496 e. The number of rotatable bonds is 3. The molecule has 3 N–H and O–H groups in total. The van der Waals surface area contributed by atoms with E-state index in [1.807, 2.05) is 41.1 Å². The van der Waals surface area contributed by atoms with Crippen LogP contribution in [0.1, 0.15) is 29.6 Å². The lowest BCUT2D eigenvalue weighted by Crippen LogP contribution is -2.28. The largest absolute Gasteiger partial charge is 0.496 e. The van der Waals surface area contributed by atoms with Crippen molar-refractivity contribution in [2.24, 2.45) is 0 Å². The Hall–Kier alpha value is -3.02. The second-order valence-corrected chi connectivity index (χ2v) is 5.84. The predicted octanol–water partition coefficient (Wildman–Crippen LogP) is 3.02. The first kappa shape index (κ1) is 14.6. The first-order valence-electron chi connectivity index (χ1n) is 7.92. The number of nitrogens with one attached hydrogen (secondary N) is 1. The van der Waals surface area contributed by atoms with Gasteiger partial charge in [-0.05, 0) is 18.1 Å². The molecular formula is C18H19N5O.